The molecule has 0 saturated heterocycles. The van der Waals surface area contributed by atoms with E-state index in [1.165, 1.54) is 0 Å². The van der Waals surface area contributed by atoms with Crippen LogP contribution < -0.4 is 0 Å². The van der Waals surface area contributed by atoms with E-state index in [0.717, 1.165) is 13.8 Å². The topological polar surface area (TPSA) is 43.4 Å². The summed E-state index contributed by atoms with van der Waals surface area (Å²) in [5.74, 6) is 0. The number of alkyl halides is 4. The molecular formula is C5H8F4O3S. The van der Waals surface area contributed by atoms with Crippen molar-refractivity contribution < 1.29 is 30.2 Å². The zero-order chi connectivity index (χ0) is 10.9. The van der Waals surface area contributed by atoms with Crippen LogP contribution in [0.4, 0.5) is 17.6 Å². The van der Waals surface area contributed by atoms with E-state index in [-0.39, 0.29) is 0 Å². The van der Waals surface area contributed by atoms with Crippen LogP contribution in [0.5, 0.6) is 0 Å². The highest BCUT2D eigenvalue weighted by atomic mass is 32.2. The van der Waals surface area contributed by atoms with Crippen molar-refractivity contribution in [1.29, 1.82) is 0 Å². The summed E-state index contributed by atoms with van der Waals surface area (Å²) in [6.45, 7) is 0.467. The van der Waals surface area contributed by atoms with Crippen LogP contribution in [0.1, 0.15) is 13.8 Å². The van der Waals surface area contributed by atoms with Gasteiger partial charge in [-0.1, -0.05) is 0 Å². The lowest BCUT2D eigenvalue weighted by Crippen LogP contribution is -2.36. The van der Waals surface area contributed by atoms with Crippen LogP contribution in [-0.2, 0) is 14.3 Å². The van der Waals surface area contributed by atoms with Gasteiger partial charge in [-0.2, -0.15) is 21.6 Å². The Morgan fingerprint density at radius 2 is 1.62 bits per heavy atom. The van der Waals surface area contributed by atoms with Crippen molar-refractivity contribution in [2.75, 3.05) is 6.67 Å². The minimum Gasteiger partial charge on any atom is -0.254 e. The van der Waals surface area contributed by atoms with Gasteiger partial charge in [-0.3, -0.25) is 4.18 Å². The Balaban J connectivity index is 4.74. The van der Waals surface area contributed by atoms with E-state index >= 15 is 0 Å². The largest absolute Gasteiger partial charge is 0.523 e. The Bertz CT molecular complexity index is 266. The number of hydrogen-bond acceptors (Lipinski definition) is 3. The Morgan fingerprint density at radius 3 is 1.85 bits per heavy atom. The van der Waals surface area contributed by atoms with Crippen molar-refractivity contribution in [1.82, 2.24) is 0 Å². The van der Waals surface area contributed by atoms with Crippen molar-refractivity contribution >= 4 is 10.1 Å². The molecule has 0 unspecified atom stereocenters. The quantitative estimate of drug-likeness (QED) is 0.415. The lowest BCUT2D eigenvalue weighted by Gasteiger charge is -2.21. The van der Waals surface area contributed by atoms with Crippen LogP contribution in [0, 0.1) is 0 Å². The van der Waals surface area contributed by atoms with E-state index in [0.29, 0.717) is 0 Å². The molecule has 0 aliphatic carbocycles. The second-order valence-corrected chi connectivity index (χ2v) is 4.41. The van der Waals surface area contributed by atoms with E-state index < -0.39 is 27.9 Å². The zero-order valence-electron chi connectivity index (χ0n) is 6.85. The summed E-state index contributed by atoms with van der Waals surface area (Å²) in [5, 5.41) is 0. The fraction of sp³-hybridized carbons (Fsp3) is 1.00. The Hall–Kier alpha value is -0.370. The predicted octanol–water partition coefficient (Wildman–Crippen LogP) is 1.60. The SMILES string of the molecule is CC(C)(CF)OS(=O)(=O)C(F)(F)F. The molecule has 0 spiro atoms. The lowest BCUT2D eigenvalue weighted by molar-refractivity contribution is -0.0640. The molecule has 0 amide bonds. The van der Waals surface area contributed by atoms with Gasteiger partial charge in [0.2, 0.25) is 0 Å². The van der Waals surface area contributed by atoms with Gasteiger partial charge in [0.05, 0.1) is 0 Å². The van der Waals surface area contributed by atoms with E-state index in [1.54, 1.807) is 0 Å². The maximum Gasteiger partial charge on any atom is 0.523 e. The molecule has 3 nitrogen and oxygen atoms in total. The molecule has 0 saturated carbocycles. The molecule has 0 rings (SSSR count). The van der Waals surface area contributed by atoms with Crippen molar-refractivity contribution in [3.05, 3.63) is 0 Å². The molecule has 0 heterocycles. The molecule has 0 aromatic carbocycles. The molecule has 0 aliphatic rings. The van der Waals surface area contributed by atoms with Crippen LogP contribution in [0.25, 0.3) is 0 Å². The molecule has 0 bridgehead atoms. The molecule has 8 heteroatoms. The van der Waals surface area contributed by atoms with E-state index in [4.69, 9.17) is 0 Å². The van der Waals surface area contributed by atoms with Crippen molar-refractivity contribution in [3.8, 4) is 0 Å². The maximum atomic E-state index is 11.9. The number of halogens is 4. The normalized spacial score (nSPS) is 14.6. The Kier molecular flexibility index (Phi) is 3.31. The third kappa shape index (κ3) is 3.47. The summed E-state index contributed by atoms with van der Waals surface area (Å²) in [6, 6.07) is 0. The predicted molar refractivity (Wildman–Crippen MR) is 36.1 cm³/mol. The molecular weight excluding hydrogens is 216 g/mol. The first-order valence-corrected chi connectivity index (χ1v) is 4.50. The van der Waals surface area contributed by atoms with Crippen molar-refractivity contribution in [2.24, 2.45) is 0 Å². The summed E-state index contributed by atoms with van der Waals surface area (Å²) in [7, 11) is -5.71. The van der Waals surface area contributed by atoms with Gasteiger partial charge in [0.15, 0.2) is 0 Å². The summed E-state index contributed by atoms with van der Waals surface area (Å²) < 4.78 is 71.2. The molecule has 0 N–H and O–H groups in total. The lowest BCUT2D eigenvalue weighted by atomic mass is 10.2. The molecule has 0 aliphatic heterocycles. The van der Waals surface area contributed by atoms with E-state index in [2.05, 4.69) is 4.18 Å². The van der Waals surface area contributed by atoms with Gasteiger partial charge in [0, 0.05) is 0 Å². The monoisotopic (exact) mass is 224 g/mol. The van der Waals surface area contributed by atoms with Crippen molar-refractivity contribution in [3.63, 3.8) is 0 Å². The summed E-state index contributed by atoms with van der Waals surface area (Å²) in [6.07, 6.45) is 0. The summed E-state index contributed by atoms with van der Waals surface area (Å²) in [4.78, 5) is 0. The third-order valence-electron chi connectivity index (χ3n) is 0.941. The Morgan fingerprint density at radius 1 is 1.23 bits per heavy atom. The van der Waals surface area contributed by atoms with Gasteiger partial charge in [0.25, 0.3) is 0 Å². The fourth-order valence-electron chi connectivity index (χ4n) is 0.367. The van der Waals surface area contributed by atoms with Gasteiger partial charge in [-0.05, 0) is 13.8 Å². The number of hydrogen-bond donors (Lipinski definition) is 0. The molecule has 0 radical (unpaired) electrons. The minimum atomic E-state index is -5.71. The van der Waals surface area contributed by atoms with Crippen LogP contribution >= 0.6 is 0 Å². The summed E-state index contributed by atoms with van der Waals surface area (Å²) in [5.41, 5.74) is -7.51. The fourth-order valence-corrected chi connectivity index (χ4v) is 1.10. The van der Waals surface area contributed by atoms with Crippen LogP contribution in [0.3, 0.4) is 0 Å². The average Bonchev–Trinajstić information content (AvgIpc) is 1.83. The first-order chi connectivity index (χ1) is 5.52. The Labute approximate surface area is 72.8 Å². The van der Waals surface area contributed by atoms with Gasteiger partial charge in [0.1, 0.15) is 12.3 Å². The van der Waals surface area contributed by atoms with Crippen LogP contribution in [0.15, 0.2) is 0 Å². The molecule has 0 fully saturated rings. The molecule has 0 aromatic heterocycles. The van der Waals surface area contributed by atoms with Gasteiger partial charge < -0.3 is 0 Å². The highest BCUT2D eigenvalue weighted by Crippen LogP contribution is 2.28. The smallest absolute Gasteiger partial charge is 0.254 e. The minimum absolute atomic E-state index is 0.899. The van der Waals surface area contributed by atoms with Crippen molar-refractivity contribution in [2.45, 2.75) is 25.0 Å². The molecule has 13 heavy (non-hydrogen) atoms. The van der Waals surface area contributed by atoms with Gasteiger partial charge >= 0.3 is 15.6 Å². The van der Waals surface area contributed by atoms with Gasteiger partial charge in [-0.15, -0.1) is 0 Å². The number of rotatable bonds is 3. The average molecular weight is 224 g/mol. The van der Waals surface area contributed by atoms with E-state index in [1.807, 2.05) is 0 Å². The zero-order valence-corrected chi connectivity index (χ0v) is 7.67. The maximum absolute atomic E-state index is 11.9. The van der Waals surface area contributed by atoms with Gasteiger partial charge in [-0.25, -0.2) is 4.39 Å². The first-order valence-electron chi connectivity index (χ1n) is 3.10. The highest BCUT2D eigenvalue weighted by molar-refractivity contribution is 7.87. The van der Waals surface area contributed by atoms with Crippen LogP contribution in [-0.4, -0.2) is 26.2 Å². The standard InChI is InChI=1S/C5H8F4O3S/c1-4(2,3-6)12-13(10,11)5(7,8)9/h3H2,1-2H3. The molecule has 0 aromatic rings. The molecule has 80 valence electrons. The second kappa shape index (κ2) is 3.41. The highest BCUT2D eigenvalue weighted by Gasteiger charge is 2.50. The van der Waals surface area contributed by atoms with E-state index in [9.17, 15) is 26.0 Å². The second-order valence-electron chi connectivity index (χ2n) is 2.88. The van der Waals surface area contributed by atoms with Crippen LogP contribution in [0.2, 0.25) is 0 Å². The third-order valence-corrected chi connectivity index (χ3v) is 2.18. The summed E-state index contributed by atoms with van der Waals surface area (Å²) >= 11 is 0. The molecule has 0 atom stereocenters. The first kappa shape index (κ1) is 12.6.